The van der Waals surface area contributed by atoms with Gasteiger partial charge >= 0.3 is 0 Å². The molecule has 8 heteroatoms. The van der Waals surface area contributed by atoms with Crippen molar-refractivity contribution in [1.82, 2.24) is 10.2 Å². The van der Waals surface area contributed by atoms with Gasteiger partial charge in [0.05, 0.1) is 16.8 Å². The van der Waals surface area contributed by atoms with Gasteiger partial charge in [-0.3, -0.25) is 14.4 Å². The van der Waals surface area contributed by atoms with Crippen molar-refractivity contribution in [2.75, 3.05) is 6.54 Å². The van der Waals surface area contributed by atoms with Crippen LogP contribution in [0.15, 0.2) is 109 Å². The molecule has 1 saturated heterocycles. The van der Waals surface area contributed by atoms with E-state index >= 15 is 0 Å². The number of hydrogen-bond donors (Lipinski definition) is 1. The highest BCUT2D eigenvalue weighted by Gasteiger charge is 2.57. The van der Waals surface area contributed by atoms with Crippen molar-refractivity contribution >= 4 is 40.5 Å². The Morgan fingerprint density at radius 3 is 2.25 bits per heavy atom. The van der Waals surface area contributed by atoms with Crippen LogP contribution in [0.2, 0.25) is 5.02 Å². The van der Waals surface area contributed by atoms with Crippen LogP contribution in [0.4, 0.5) is 4.39 Å². The van der Waals surface area contributed by atoms with Crippen molar-refractivity contribution in [3.8, 4) is 0 Å². The first-order valence-corrected chi connectivity index (χ1v) is 14.0. The van der Waals surface area contributed by atoms with Crippen molar-refractivity contribution in [3.05, 3.63) is 141 Å². The Morgan fingerprint density at radius 1 is 0.925 bits per heavy atom. The molecule has 0 radical (unpaired) electrons. The quantitative estimate of drug-likeness (QED) is 0.189. The van der Waals surface area contributed by atoms with Crippen molar-refractivity contribution in [3.63, 3.8) is 0 Å². The Hall–Kier alpha value is -4.07. The molecule has 3 aromatic carbocycles. The van der Waals surface area contributed by atoms with Crippen LogP contribution < -0.4 is 5.32 Å². The number of thiophene rings is 1. The van der Waals surface area contributed by atoms with E-state index in [1.807, 2.05) is 35.7 Å². The van der Waals surface area contributed by atoms with E-state index < -0.39 is 41.6 Å². The van der Waals surface area contributed by atoms with Gasteiger partial charge in [-0.2, -0.15) is 0 Å². The number of Topliss-reactive ketones (excluding diaryl/α,β-unsaturated/α-hetero) is 1. The number of rotatable bonds is 8. The van der Waals surface area contributed by atoms with E-state index in [1.54, 1.807) is 42.5 Å². The molecule has 40 heavy (non-hydrogen) atoms. The van der Waals surface area contributed by atoms with E-state index in [2.05, 4.69) is 11.9 Å². The molecule has 4 atom stereocenters. The number of carbonyl (C=O) groups excluding carboxylic acids is 3. The SMILES string of the molecule is C=CCNC(=O)C1C(c2ccc(Cl)cc2)C(C(=O)c2cccs2)C(c2ccccc2)N1C(=O)c1ccc(F)cc1. The predicted molar refractivity (Wildman–Crippen MR) is 155 cm³/mol. The fourth-order valence-corrected chi connectivity index (χ4v) is 6.29. The number of nitrogens with one attached hydrogen (secondary N) is 1. The van der Waals surface area contributed by atoms with Crippen LogP contribution in [0.5, 0.6) is 0 Å². The summed E-state index contributed by atoms with van der Waals surface area (Å²) in [7, 11) is 0. The summed E-state index contributed by atoms with van der Waals surface area (Å²) in [5.41, 5.74) is 1.63. The lowest BCUT2D eigenvalue weighted by Gasteiger charge is -2.31. The van der Waals surface area contributed by atoms with Gasteiger partial charge in [-0.05, 0) is 59.0 Å². The average Bonchev–Trinajstić information content (AvgIpc) is 3.64. The van der Waals surface area contributed by atoms with Crippen LogP contribution in [0.1, 0.15) is 43.1 Å². The smallest absolute Gasteiger partial charge is 0.255 e. The second-order valence-corrected chi connectivity index (χ2v) is 10.9. The van der Waals surface area contributed by atoms with Crippen LogP contribution in [0.3, 0.4) is 0 Å². The van der Waals surface area contributed by atoms with Crippen molar-refractivity contribution in [1.29, 1.82) is 0 Å². The van der Waals surface area contributed by atoms with E-state index in [0.29, 0.717) is 21.0 Å². The molecule has 0 saturated carbocycles. The van der Waals surface area contributed by atoms with E-state index in [0.717, 1.165) is 0 Å². The second kappa shape index (κ2) is 12.0. The fraction of sp³-hybridized carbons (Fsp3) is 0.156. The minimum absolute atomic E-state index is 0.167. The van der Waals surface area contributed by atoms with Gasteiger partial charge in [-0.25, -0.2) is 4.39 Å². The Balaban J connectivity index is 1.77. The summed E-state index contributed by atoms with van der Waals surface area (Å²) < 4.78 is 13.8. The zero-order valence-electron chi connectivity index (χ0n) is 21.4. The van der Waals surface area contributed by atoms with Gasteiger partial charge in [-0.1, -0.05) is 66.2 Å². The van der Waals surface area contributed by atoms with Crippen LogP contribution in [-0.4, -0.2) is 35.1 Å². The molecule has 1 aliphatic heterocycles. The van der Waals surface area contributed by atoms with Gasteiger partial charge < -0.3 is 10.2 Å². The monoisotopic (exact) mass is 572 g/mol. The van der Waals surface area contributed by atoms with Crippen LogP contribution in [0, 0.1) is 11.7 Å². The zero-order chi connectivity index (χ0) is 28.2. The number of hydrogen-bond acceptors (Lipinski definition) is 4. The molecule has 0 spiro atoms. The summed E-state index contributed by atoms with van der Waals surface area (Å²) >= 11 is 7.53. The second-order valence-electron chi connectivity index (χ2n) is 9.50. The molecule has 0 aliphatic carbocycles. The van der Waals surface area contributed by atoms with Gasteiger partial charge in [0.2, 0.25) is 5.91 Å². The third kappa shape index (κ3) is 5.35. The minimum atomic E-state index is -1.06. The molecule has 2 heterocycles. The summed E-state index contributed by atoms with van der Waals surface area (Å²) in [5.74, 6) is -3.05. The molecule has 5 rings (SSSR count). The summed E-state index contributed by atoms with van der Waals surface area (Å²) in [6.45, 7) is 3.88. The molecule has 1 fully saturated rings. The minimum Gasteiger partial charge on any atom is -0.351 e. The Kier molecular flexibility index (Phi) is 8.24. The van der Waals surface area contributed by atoms with Crippen LogP contribution in [-0.2, 0) is 4.79 Å². The highest BCUT2D eigenvalue weighted by Crippen LogP contribution is 2.52. The van der Waals surface area contributed by atoms with Crippen LogP contribution >= 0.6 is 22.9 Å². The van der Waals surface area contributed by atoms with Crippen molar-refractivity contribution in [2.24, 2.45) is 5.92 Å². The summed E-state index contributed by atoms with van der Waals surface area (Å²) in [6.07, 6.45) is 1.55. The largest absolute Gasteiger partial charge is 0.351 e. The summed E-state index contributed by atoms with van der Waals surface area (Å²) in [4.78, 5) is 44.6. The van der Waals surface area contributed by atoms with Crippen molar-refractivity contribution in [2.45, 2.75) is 18.0 Å². The number of halogens is 2. The van der Waals surface area contributed by atoms with Gasteiger partial charge in [0.15, 0.2) is 5.78 Å². The Labute approximate surface area is 240 Å². The molecule has 0 bridgehead atoms. The van der Waals surface area contributed by atoms with Crippen LogP contribution in [0.25, 0.3) is 0 Å². The van der Waals surface area contributed by atoms with E-state index in [1.165, 1.54) is 40.5 Å². The van der Waals surface area contributed by atoms with E-state index in [-0.39, 0.29) is 17.9 Å². The fourth-order valence-electron chi connectivity index (χ4n) is 5.46. The van der Waals surface area contributed by atoms with E-state index in [9.17, 15) is 18.8 Å². The molecule has 1 N–H and O–H groups in total. The van der Waals surface area contributed by atoms with Gasteiger partial charge in [-0.15, -0.1) is 17.9 Å². The molecule has 4 unspecified atom stereocenters. The zero-order valence-corrected chi connectivity index (χ0v) is 22.9. The normalized spacial score (nSPS) is 20.2. The first kappa shape index (κ1) is 27.5. The first-order valence-electron chi connectivity index (χ1n) is 12.8. The maximum Gasteiger partial charge on any atom is 0.255 e. The number of ketones is 1. The maximum absolute atomic E-state index is 14.3. The third-order valence-electron chi connectivity index (χ3n) is 7.14. The number of benzene rings is 3. The molecule has 2 amide bonds. The lowest BCUT2D eigenvalue weighted by atomic mass is 9.77. The highest BCUT2D eigenvalue weighted by molar-refractivity contribution is 7.12. The summed E-state index contributed by atoms with van der Waals surface area (Å²) in [6, 6.07) is 23.2. The molecule has 202 valence electrons. The average molecular weight is 573 g/mol. The van der Waals surface area contributed by atoms with Gasteiger partial charge in [0.25, 0.3) is 5.91 Å². The van der Waals surface area contributed by atoms with Crippen molar-refractivity contribution < 1.29 is 18.8 Å². The number of nitrogens with zero attached hydrogens (tertiary/aromatic N) is 1. The standard InChI is InChI=1S/C32H26ClFN2O3S/c1-2-18-35-31(38)29-26(20-10-14-23(33)15-11-20)27(30(37)25-9-6-19-40-25)28(21-7-4-3-5-8-21)36(29)32(39)22-12-16-24(34)17-13-22/h2-17,19,26-29H,1,18H2,(H,35,38). The number of carbonyl (C=O) groups is 3. The lowest BCUT2D eigenvalue weighted by molar-refractivity contribution is -0.125. The third-order valence-corrected chi connectivity index (χ3v) is 8.28. The lowest BCUT2D eigenvalue weighted by Crippen LogP contribution is -2.48. The summed E-state index contributed by atoms with van der Waals surface area (Å²) in [5, 5.41) is 5.19. The Bertz CT molecular complexity index is 1510. The molecular weight excluding hydrogens is 547 g/mol. The first-order chi connectivity index (χ1) is 19.4. The Morgan fingerprint density at radius 2 is 1.62 bits per heavy atom. The highest BCUT2D eigenvalue weighted by atomic mass is 35.5. The molecule has 4 aromatic rings. The molecule has 1 aromatic heterocycles. The maximum atomic E-state index is 14.3. The molecule has 5 nitrogen and oxygen atoms in total. The molecule has 1 aliphatic rings. The predicted octanol–water partition coefficient (Wildman–Crippen LogP) is 6.69. The molecular formula is C32H26ClFN2O3S. The van der Waals surface area contributed by atoms with E-state index in [4.69, 9.17) is 11.6 Å². The van der Waals surface area contributed by atoms with Gasteiger partial charge in [0, 0.05) is 23.0 Å². The number of amides is 2. The number of likely N-dealkylation sites (tertiary alicyclic amines) is 1. The topological polar surface area (TPSA) is 66.5 Å². The van der Waals surface area contributed by atoms with Gasteiger partial charge in [0.1, 0.15) is 11.9 Å².